The normalized spacial score (nSPS) is 10.2. The first-order valence-electron chi connectivity index (χ1n) is 7.84. The van der Waals surface area contributed by atoms with Gasteiger partial charge in [-0.05, 0) is 43.3 Å². The molecule has 0 atom stereocenters. The zero-order valence-corrected chi connectivity index (χ0v) is 15.2. The summed E-state index contributed by atoms with van der Waals surface area (Å²) in [5.74, 6) is 0.687. The lowest BCUT2D eigenvalue weighted by atomic mass is 10.2. The van der Waals surface area contributed by atoms with Gasteiger partial charge in [0.15, 0.2) is 11.4 Å². The molecule has 0 saturated carbocycles. The summed E-state index contributed by atoms with van der Waals surface area (Å²) >= 11 is 1.44. The van der Waals surface area contributed by atoms with Crippen molar-refractivity contribution in [2.24, 2.45) is 0 Å². The minimum atomic E-state index is 0.436. The van der Waals surface area contributed by atoms with Gasteiger partial charge in [0.05, 0.1) is 37.2 Å². The van der Waals surface area contributed by atoms with Crippen molar-refractivity contribution in [3.8, 4) is 11.8 Å². The van der Waals surface area contributed by atoms with Crippen LogP contribution in [0, 0.1) is 18.3 Å². The predicted octanol–water partition coefficient (Wildman–Crippen LogP) is 3.88. The van der Waals surface area contributed by atoms with Crippen molar-refractivity contribution >= 4 is 28.4 Å². The van der Waals surface area contributed by atoms with Gasteiger partial charge in [0.2, 0.25) is 0 Å². The topological polar surface area (TPSA) is 79.1 Å². The first-order chi connectivity index (χ1) is 12.6. The number of thiazole rings is 1. The van der Waals surface area contributed by atoms with Crippen molar-refractivity contribution in [3.63, 3.8) is 0 Å². The first-order valence-corrected chi connectivity index (χ1v) is 8.65. The third kappa shape index (κ3) is 3.71. The van der Waals surface area contributed by atoms with E-state index in [0.29, 0.717) is 28.7 Å². The van der Waals surface area contributed by atoms with Crippen LogP contribution in [0.4, 0.5) is 10.8 Å². The highest BCUT2D eigenvalue weighted by atomic mass is 32.1. The van der Waals surface area contributed by atoms with E-state index in [4.69, 9.17) is 10.00 Å². The SMILES string of the molecule is COc1ccc(CN(c2ccc(C#N)cc2)c2nc(C=O)c(C)s2)nc1. The van der Waals surface area contributed by atoms with E-state index in [1.807, 2.05) is 36.1 Å². The Morgan fingerprint density at radius 3 is 2.58 bits per heavy atom. The Labute approximate surface area is 155 Å². The monoisotopic (exact) mass is 364 g/mol. The summed E-state index contributed by atoms with van der Waals surface area (Å²) < 4.78 is 5.15. The van der Waals surface area contributed by atoms with Crippen molar-refractivity contribution in [1.29, 1.82) is 5.26 Å². The Bertz CT molecular complexity index is 943. The van der Waals surface area contributed by atoms with Gasteiger partial charge < -0.3 is 9.64 Å². The van der Waals surface area contributed by atoms with Crippen molar-refractivity contribution in [2.75, 3.05) is 12.0 Å². The zero-order valence-electron chi connectivity index (χ0n) is 14.3. The number of nitriles is 1. The number of anilines is 2. The number of benzene rings is 1. The zero-order chi connectivity index (χ0) is 18.5. The highest BCUT2D eigenvalue weighted by Gasteiger charge is 2.17. The Balaban J connectivity index is 1.98. The molecule has 0 N–H and O–H groups in total. The second kappa shape index (κ2) is 7.76. The molecule has 26 heavy (non-hydrogen) atoms. The van der Waals surface area contributed by atoms with E-state index in [9.17, 15) is 4.79 Å². The lowest BCUT2D eigenvalue weighted by Gasteiger charge is -2.21. The number of methoxy groups -OCH3 is 1. The average molecular weight is 364 g/mol. The highest BCUT2D eigenvalue weighted by Crippen LogP contribution is 2.32. The molecule has 0 aliphatic rings. The maximum atomic E-state index is 11.2. The smallest absolute Gasteiger partial charge is 0.191 e. The molecule has 0 aliphatic heterocycles. The summed E-state index contributed by atoms with van der Waals surface area (Å²) in [6.45, 7) is 2.34. The maximum Gasteiger partial charge on any atom is 0.191 e. The quantitative estimate of drug-likeness (QED) is 0.618. The van der Waals surface area contributed by atoms with E-state index < -0.39 is 0 Å². The first kappa shape index (κ1) is 17.6. The number of pyridine rings is 1. The number of ether oxygens (including phenoxy) is 1. The molecule has 0 spiro atoms. The molecular formula is C19H16N4O2S. The Kier molecular flexibility index (Phi) is 5.25. The van der Waals surface area contributed by atoms with E-state index in [1.165, 1.54) is 11.3 Å². The van der Waals surface area contributed by atoms with E-state index >= 15 is 0 Å². The molecular weight excluding hydrogens is 348 g/mol. The van der Waals surface area contributed by atoms with E-state index in [2.05, 4.69) is 16.0 Å². The largest absolute Gasteiger partial charge is 0.495 e. The minimum absolute atomic E-state index is 0.436. The number of nitrogens with zero attached hydrogens (tertiary/aromatic N) is 4. The fraction of sp³-hybridized carbons (Fsp3) is 0.158. The highest BCUT2D eigenvalue weighted by molar-refractivity contribution is 7.15. The number of aromatic nitrogens is 2. The molecule has 0 fully saturated rings. The van der Waals surface area contributed by atoms with E-state index in [0.717, 1.165) is 22.5 Å². The van der Waals surface area contributed by atoms with Gasteiger partial charge in [-0.3, -0.25) is 9.78 Å². The van der Waals surface area contributed by atoms with Crippen LogP contribution >= 0.6 is 11.3 Å². The van der Waals surface area contributed by atoms with Crippen LogP contribution in [-0.4, -0.2) is 23.4 Å². The minimum Gasteiger partial charge on any atom is -0.495 e. The van der Waals surface area contributed by atoms with Crippen LogP contribution in [0.25, 0.3) is 0 Å². The number of aryl methyl sites for hydroxylation is 1. The van der Waals surface area contributed by atoms with Gasteiger partial charge in [0, 0.05) is 10.6 Å². The van der Waals surface area contributed by atoms with Gasteiger partial charge in [0.1, 0.15) is 11.4 Å². The molecule has 6 nitrogen and oxygen atoms in total. The Morgan fingerprint density at radius 1 is 1.27 bits per heavy atom. The molecule has 2 aromatic heterocycles. The van der Waals surface area contributed by atoms with Crippen LogP contribution in [0.1, 0.15) is 26.6 Å². The maximum absolute atomic E-state index is 11.2. The third-order valence-corrected chi connectivity index (χ3v) is 4.83. The van der Waals surface area contributed by atoms with Crippen LogP contribution in [0.2, 0.25) is 0 Å². The summed E-state index contributed by atoms with van der Waals surface area (Å²) in [4.78, 5) is 22.9. The van der Waals surface area contributed by atoms with Crippen LogP contribution in [0.15, 0.2) is 42.6 Å². The number of carbonyl (C=O) groups excluding carboxylic acids is 1. The van der Waals surface area contributed by atoms with Gasteiger partial charge in [-0.15, -0.1) is 11.3 Å². The van der Waals surface area contributed by atoms with Gasteiger partial charge in [0.25, 0.3) is 0 Å². The molecule has 3 aromatic rings. The van der Waals surface area contributed by atoms with Crippen molar-refractivity contribution in [2.45, 2.75) is 13.5 Å². The summed E-state index contributed by atoms with van der Waals surface area (Å²) in [5, 5.41) is 9.71. The molecule has 0 amide bonds. The second-order valence-corrected chi connectivity index (χ2v) is 6.67. The summed E-state index contributed by atoms with van der Waals surface area (Å²) in [5.41, 5.74) is 2.72. The molecule has 1 aromatic carbocycles. The van der Waals surface area contributed by atoms with Crippen LogP contribution in [-0.2, 0) is 6.54 Å². The molecule has 130 valence electrons. The van der Waals surface area contributed by atoms with Crippen molar-refractivity contribution in [3.05, 3.63) is 64.4 Å². The summed E-state index contributed by atoms with van der Waals surface area (Å²) in [6.07, 6.45) is 2.42. The Morgan fingerprint density at radius 2 is 2.04 bits per heavy atom. The number of rotatable bonds is 6. The molecule has 7 heteroatoms. The molecule has 3 rings (SSSR count). The Hall–Kier alpha value is -3.24. The fourth-order valence-electron chi connectivity index (χ4n) is 2.39. The van der Waals surface area contributed by atoms with Gasteiger partial charge in [-0.2, -0.15) is 5.26 Å². The van der Waals surface area contributed by atoms with Crippen LogP contribution in [0.5, 0.6) is 5.75 Å². The molecule has 0 aliphatic carbocycles. The lowest BCUT2D eigenvalue weighted by Crippen LogP contribution is -2.17. The van der Waals surface area contributed by atoms with Gasteiger partial charge in [-0.1, -0.05) is 0 Å². The number of carbonyl (C=O) groups is 1. The third-order valence-electron chi connectivity index (χ3n) is 3.83. The molecule has 0 radical (unpaired) electrons. The standard InChI is InChI=1S/C19H16N4O2S/c1-13-18(12-24)22-19(26-13)23(16-6-3-14(9-20)4-7-16)11-15-5-8-17(25-2)10-21-15/h3-8,10,12H,11H2,1-2H3. The number of hydrogen-bond acceptors (Lipinski definition) is 7. The van der Waals surface area contributed by atoms with Crippen molar-refractivity contribution in [1.82, 2.24) is 9.97 Å². The van der Waals surface area contributed by atoms with E-state index in [1.54, 1.807) is 25.4 Å². The van der Waals surface area contributed by atoms with Gasteiger partial charge in [-0.25, -0.2) is 4.98 Å². The fourth-order valence-corrected chi connectivity index (χ4v) is 3.29. The number of hydrogen-bond donors (Lipinski definition) is 0. The second-order valence-electron chi connectivity index (χ2n) is 5.49. The molecule has 0 unspecified atom stereocenters. The lowest BCUT2D eigenvalue weighted by molar-refractivity contribution is 0.111. The van der Waals surface area contributed by atoms with E-state index in [-0.39, 0.29) is 0 Å². The average Bonchev–Trinajstić information content (AvgIpc) is 3.07. The van der Waals surface area contributed by atoms with Crippen LogP contribution in [0.3, 0.4) is 0 Å². The van der Waals surface area contributed by atoms with Crippen molar-refractivity contribution < 1.29 is 9.53 Å². The van der Waals surface area contributed by atoms with Crippen LogP contribution < -0.4 is 9.64 Å². The predicted molar refractivity (Wildman–Crippen MR) is 100 cm³/mol. The summed E-state index contributed by atoms with van der Waals surface area (Å²) in [6, 6.07) is 13.1. The number of aldehydes is 1. The summed E-state index contributed by atoms with van der Waals surface area (Å²) in [7, 11) is 1.60. The molecule has 0 bridgehead atoms. The molecule has 0 saturated heterocycles. The molecule has 2 heterocycles. The van der Waals surface area contributed by atoms with Gasteiger partial charge >= 0.3 is 0 Å².